The molecule has 0 saturated carbocycles. The van der Waals surface area contributed by atoms with E-state index in [0.717, 1.165) is 23.3 Å². The summed E-state index contributed by atoms with van der Waals surface area (Å²) in [7, 11) is 0. The second kappa shape index (κ2) is 10.3. The minimum absolute atomic E-state index is 0.171. The Morgan fingerprint density at radius 1 is 1.29 bits per heavy atom. The number of amides is 1. The van der Waals surface area contributed by atoms with Crippen molar-refractivity contribution in [3.05, 3.63) is 52.3 Å². The molecule has 0 aliphatic heterocycles. The van der Waals surface area contributed by atoms with Crippen molar-refractivity contribution in [2.45, 2.75) is 33.2 Å². The number of hydrogen-bond donors (Lipinski definition) is 2. The summed E-state index contributed by atoms with van der Waals surface area (Å²) in [6.45, 7) is 6.20. The van der Waals surface area contributed by atoms with Gasteiger partial charge in [0.05, 0.1) is 39.8 Å². The first-order valence-electron chi connectivity index (χ1n) is 10.2. The Labute approximate surface area is 189 Å². The Kier molecular flexibility index (Phi) is 7.53. The summed E-state index contributed by atoms with van der Waals surface area (Å²) < 4.78 is 11.9. The van der Waals surface area contributed by atoms with E-state index < -0.39 is 0 Å². The van der Waals surface area contributed by atoms with E-state index in [4.69, 9.17) is 14.7 Å². The minimum atomic E-state index is -0.274. The highest BCUT2D eigenvalue weighted by Gasteiger charge is 2.24. The molecular formula is C23H25BrN4O3. The van der Waals surface area contributed by atoms with Crippen LogP contribution in [0.5, 0.6) is 11.5 Å². The number of nitrogens with zero attached hydrogens (tertiary/aromatic N) is 2. The van der Waals surface area contributed by atoms with Gasteiger partial charge in [0.25, 0.3) is 5.91 Å². The highest BCUT2D eigenvalue weighted by Crippen LogP contribution is 2.36. The third-order valence-electron chi connectivity index (χ3n) is 5.02. The number of carbonyl (C=O) groups excluding carboxylic acids is 1. The van der Waals surface area contributed by atoms with Crippen LogP contribution < -0.4 is 14.8 Å². The monoisotopic (exact) mass is 484 g/mol. The highest BCUT2D eigenvalue weighted by atomic mass is 79.9. The van der Waals surface area contributed by atoms with Gasteiger partial charge in [-0.05, 0) is 47.0 Å². The maximum absolute atomic E-state index is 12.8. The van der Waals surface area contributed by atoms with Crippen molar-refractivity contribution in [3.63, 3.8) is 0 Å². The van der Waals surface area contributed by atoms with Crippen molar-refractivity contribution in [1.82, 2.24) is 15.3 Å². The zero-order valence-corrected chi connectivity index (χ0v) is 19.3. The molecule has 0 bridgehead atoms. The molecule has 8 heteroatoms. The summed E-state index contributed by atoms with van der Waals surface area (Å²) in [5, 5.41) is 12.2. The van der Waals surface area contributed by atoms with Crippen LogP contribution >= 0.6 is 15.9 Å². The van der Waals surface area contributed by atoms with E-state index in [9.17, 15) is 4.79 Å². The lowest BCUT2D eigenvalue weighted by Gasteiger charge is -2.23. The van der Waals surface area contributed by atoms with Crippen LogP contribution in [0.4, 0.5) is 0 Å². The summed E-state index contributed by atoms with van der Waals surface area (Å²) in [6, 6.07) is 12.8. The van der Waals surface area contributed by atoms with Crippen LogP contribution in [-0.4, -0.2) is 29.1 Å². The number of aromatic amines is 1. The summed E-state index contributed by atoms with van der Waals surface area (Å²) in [4.78, 5) is 20.7. The van der Waals surface area contributed by atoms with Gasteiger partial charge >= 0.3 is 0 Å². The third kappa shape index (κ3) is 5.36. The number of H-pyrrole nitrogens is 1. The molecule has 3 aromatic rings. The van der Waals surface area contributed by atoms with Crippen molar-refractivity contribution in [1.29, 1.82) is 5.26 Å². The van der Waals surface area contributed by atoms with Crippen molar-refractivity contribution in [3.8, 4) is 17.6 Å². The van der Waals surface area contributed by atoms with E-state index in [2.05, 4.69) is 51.1 Å². The SMILES string of the molecule is CCOc1cc(C#N)cc(Br)c1OCC(=O)NC(c1nc2ccccc2[nH]1)C(C)CC. The molecule has 3 rings (SSSR count). The standard InChI is InChI=1S/C23H25BrN4O3/c1-4-14(3)21(23-26-17-8-6-7-9-18(17)27-23)28-20(29)13-31-22-16(24)10-15(12-25)11-19(22)30-5-2/h6-11,14,21H,4-5,13H2,1-3H3,(H,26,27)(H,28,29). The smallest absolute Gasteiger partial charge is 0.258 e. The summed E-state index contributed by atoms with van der Waals surface area (Å²) in [5.74, 6) is 1.42. The maximum Gasteiger partial charge on any atom is 0.258 e. The molecule has 1 heterocycles. The molecule has 2 N–H and O–H groups in total. The molecule has 0 spiro atoms. The predicted octanol–water partition coefficient (Wildman–Crippen LogP) is 4.88. The number of halogens is 1. The molecule has 2 atom stereocenters. The lowest BCUT2D eigenvalue weighted by Crippen LogP contribution is -2.36. The Morgan fingerprint density at radius 3 is 2.74 bits per heavy atom. The molecule has 0 radical (unpaired) electrons. The fourth-order valence-electron chi connectivity index (χ4n) is 3.22. The molecule has 0 fully saturated rings. The van der Waals surface area contributed by atoms with Gasteiger partial charge in [-0.15, -0.1) is 0 Å². The number of fused-ring (bicyclic) bond motifs is 1. The summed E-state index contributed by atoms with van der Waals surface area (Å²) in [6.07, 6.45) is 0.874. The first-order valence-corrected chi connectivity index (χ1v) is 11.0. The molecule has 1 aromatic heterocycles. The maximum atomic E-state index is 12.8. The van der Waals surface area contributed by atoms with Crippen molar-refractivity contribution < 1.29 is 14.3 Å². The van der Waals surface area contributed by atoms with Gasteiger partial charge in [-0.25, -0.2) is 4.98 Å². The average Bonchev–Trinajstić information content (AvgIpc) is 3.20. The number of nitrogens with one attached hydrogen (secondary N) is 2. The van der Waals surface area contributed by atoms with Crippen molar-refractivity contribution >= 4 is 32.9 Å². The molecule has 0 aliphatic carbocycles. The van der Waals surface area contributed by atoms with Crippen molar-refractivity contribution in [2.75, 3.05) is 13.2 Å². The summed E-state index contributed by atoms with van der Waals surface area (Å²) >= 11 is 3.40. The average molecular weight is 485 g/mol. The zero-order chi connectivity index (χ0) is 22.4. The molecule has 2 unspecified atom stereocenters. The molecule has 1 amide bonds. The number of hydrogen-bond acceptors (Lipinski definition) is 5. The van der Waals surface area contributed by atoms with Gasteiger partial charge in [0, 0.05) is 6.07 Å². The van der Waals surface area contributed by atoms with Gasteiger partial charge in [-0.3, -0.25) is 4.79 Å². The Balaban J connectivity index is 1.75. The van der Waals surface area contributed by atoms with Crippen LogP contribution in [0.3, 0.4) is 0 Å². The number of para-hydroxylation sites is 2. The van der Waals surface area contributed by atoms with E-state index >= 15 is 0 Å². The first-order chi connectivity index (χ1) is 15.0. The number of carbonyl (C=O) groups is 1. The molecule has 0 saturated heterocycles. The van der Waals surface area contributed by atoms with Gasteiger partial charge in [-0.1, -0.05) is 32.4 Å². The number of benzene rings is 2. The molecule has 7 nitrogen and oxygen atoms in total. The second-order valence-corrected chi connectivity index (χ2v) is 8.04. The van der Waals surface area contributed by atoms with E-state index in [0.29, 0.717) is 28.1 Å². The van der Waals surface area contributed by atoms with Gasteiger partial charge in [0.15, 0.2) is 18.1 Å². The number of aromatic nitrogens is 2. The number of rotatable bonds is 9. The van der Waals surface area contributed by atoms with E-state index in [1.54, 1.807) is 12.1 Å². The molecule has 31 heavy (non-hydrogen) atoms. The van der Waals surface area contributed by atoms with E-state index in [1.165, 1.54) is 0 Å². The quantitative estimate of drug-likeness (QED) is 0.450. The summed E-state index contributed by atoms with van der Waals surface area (Å²) in [5.41, 5.74) is 2.23. The van der Waals surface area contributed by atoms with Crippen LogP contribution in [0.2, 0.25) is 0 Å². The van der Waals surface area contributed by atoms with Crippen LogP contribution in [0.15, 0.2) is 40.9 Å². The molecule has 162 valence electrons. The lowest BCUT2D eigenvalue weighted by atomic mass is 9.98. The number of nitriles is 1. The topological polar surface area (TPSA) is 100 Å². The van der Waals surface area contributed by atoms with Gasteiger partial charge in [0.1, 0.15) is 5.82 Å². The second-order valence-electron chi connectivity index (χ2n) is 7.19. The van der Waals surface area contributed by atoms with Gasteiger partial charge in [0.2, 0.25) is 0 Å². The normalized spacial score (nSPS) is 12.7. The van der Waals surface area contributed by atoms with Crippen LogP contribution in [0.1, 0.15) is 44.6 Å². The van der Waals surface area contributed by atoms with Crippen LogP contribution in [0.25, 0.3) is 11.0 Å². The van der Waals surface area contributed by atoms with Gasteiger partial charge < -0.3 is 19.8 Å². The number of imidazole rings is 1. The minimum Gasteiger partial charge on any atom is -0.490 e. The fourth-order valence-corrected chi connectivity index (χ4v) is 3.78. The van der Waals surface area contributed by atoms with Crippen molar-refractivity contribution in [2.24, 2.45) is 5.92 Å². The van der Waals surface area contributed by atoms with Gasteiger partial charge in [-0.2, -0.15) is 5.26 Å². The number of ether oxygens (including phenoxy) is 2. The largest absolute Gasteiger partial charge is 0.490 e. The predicted molar refractivity (Wildman–Crippen MR) is 122 cm³/mol. The van der Waals surface area contributed by atoms with Crippen LogP contribution in [-0.2, 0) is 4.79 Å². The lowest BCUT2D eigenvalue weighted by molar-refractivity contribution is -0.124. The Bertz CT molecular complexity index is 1070. The molecule has 2 aromatic carbocycles. The van der Waals surface area contributed by atoms with E-state index in [1.807, 2.05) is 31.2 Å². The fraction of sp³-hybridized carbons (Fsp3) is 0.348. The Morgan fingerprint density at radius 2 is 2.06 bits per heavy atom. The molecule has 0 aliphatic rings. The molecular weight excluding hydrogens is 460 g/mol. The Hall–Kier alpha value is -3.05. The first kappa shape index (κ1) is 22.6. The van der Waals surface area contributed by atoms with Crippen LogP contribution in [0, 0.1) is 17.2 Å². The van der Waals surface area contributed by atoms with E-state index in [-0.39, 0.29) is 24.5 Å². The zero-order valence-electron chi connectivity index (χ0n) is 17.7. The third-order valence-corrected chi connectivity index (χ3v) is 5.61. The highest BCUT2D eigenvalue weighted by molar-refractivity contribution is 9.10.